The van der Waals surface area contributed by atoms with Crippen LogP contribution in [0.4, 0.5) is 9.18 Å². The number of halogens is 1. The molecule has 2 N–H and O–H groups in total. The molecule has 0 aliphatic carbocycles. The minimum Gasteiger partial charge on any atom is -0.444 e. The fourth-order valence-corrected chi connectivity index (χ4v) is 1.51. The van der Waals surface area contributed by atoms with Crippen LogP contribution in [0.5, 0.6) is 0 Å². The summed E-state index contributed by atoms with van der Waals surface area (Å²) in [6, 6.07) is 6.35. The third kappa shape index (κ3) is 6.20. The highest BCUT2D eigenvalue weighted by Crippen LogP contribution is 2.10. The van der Waals surface area contributed by atoms with E-state index in [1.807, 2.05) is 0 Å². The lowest BCUT2D eigenvalue weighted by atomic mass is 10.1. The lowest BCUT2D eigenvalue weighted by Crippen LogP contribution is -2.39. The molecule has 0 saturated carbocycles. The molecule has 0 radical (unpaired) electrons. The summed E-state index contributed by atoms with van der Waals surface area (Å²) < 4.78 is 18.3. The molecule has 4 nitrogen and oxygen atoms in total. The topological polar surface area (TPSA) is 58.6 Å². The van der Waals surface area contributed by atoms with Gasteiger partial charge < -0.3 is 9.84 Å². The van der Waals surface area contributed by atoms with Crippen LogP contribution >= 0.6 is 0 Å². The largest absolute Gasteiger partial charge is 0.444 e. The molecule has 0 aromatic heterocycles. The van der Waals surface area contributed by atoms with Gasteiger partial charge in [0, 0.05) is 0 Å². The molecule has 1 amide bonds. The predicted octanol–water partition coefficient (Wildman–Crippen LogP) is 2.60. The average Bonchev–Trinajstić information content (AvgIpc) is 2.25. The summed E-state index contributed by atoms with van der Waals surface area (Å²) in [5.41, 5.74) is -0.109. The van der Waals surface area contributed by atoms with Gasteiger partial charge in [0.05, 0.1) is 0 Å². The van der Waals surface area contributed by atoms with E-state index >= 15 is 0 Å². The van der Waals surface area contributed by atoms with Gasteiger partial charge in [0.2, 0.25) is 0 Å². The van der Waals surface area contributed by atoms with Crippen LogP contribution < -0.4 is 5.32 Å². The smallest absolute Gasteiger partial charge is 0.409 e. The van der Waals surface area contributed by atoms with E-state index < -0.39 is 17.9 Å². The molecule has 0 fully saturated rings. The standard InChI is InChI=1S/C14H20FNO3/c1-14(2,3)19-13(18)16-12(17)9-8-10-6-4-5-7-11(10)15/h4-7,12,17H,8-9H2,1-3H3,(H,16,18). The number of benzene rings is 1. The normalized spacial score (nSPS) is 12.9. The van der Waals surface area contributed by atoms with Crippen LogP contribution in [0.15, 0.2) is 24.3 Å². The minimum atomic E-state index is -1.06. The van der Waals surface area contributed by atoms with E-state index in [9.17, 15) is 14.3 Å². The summed E-state index contributed by atoms with van der Waals surface area (Å²) in [5.74, 6) is -0.313. The van der Waals surface area contributed by atoms with Crippen LogP contribution in [-0.2, 0) is 11.2 Å². The second-order valence-corrected chi connectivity index (χ2v) is 5.29. The first-order valence-corrected chi connectivity index (χ1v) is 6.19. The van der Waals surface area contributed by atoms with E-state index in [-0.39, 0.29) is 12.2 Å². The molecule has 0 heterocycles. The van der Waals surface area contributed by atoms with E-state index in [1.54, 1.807) is 39.0 Å². The van der Waals surface area contributed by atoms with Crippen molar-refractivity contribution in [1.82, 2.24) is 5.32 Å². The van der Waals surface area contributed by atoms with Crippen molar-refractivity contribution in [3.05, 3.63) is 35.6 Å². The number of aliphatic hydroxyl groups excluding tert-OH is 1. The quantitative estimate of drug-likeness (QED) is 0.826. The summed E-state index contributed by atoms with van der Waals surface area (Å²) in [6.45, 7) is 5.20. The van der Waals surface area contributed by atoms with Gasteiger partial charge in [-0.2, -0.15) is 0 Å². The van der Waals surface area contributed by atoms with Crippen LogP contribution in [0, 0.1) is 5.82 Å². The van der Waals surface area contributed by atoms with Crippen molar-refractivity contribution in [3.8, 4) is 0 Å². The van der Waals surface area contributed by atoms with Crippen LogP contribution in [0.25, 0.3) is 0 Å². The fraction of sp³-hybridized carbons (Fsp3) is 0.500. The molecule has 5 heteroatoms. The second kappa shape index (κ2) is 6.52. The third-order valence-corrected chi connectivity index (χ3v) is 2.33. The maximum Gasteiger partial charge on any atom is 0.409 e. The lowest BCUT2D eigenvalue weighted by Gasteiger charge is -2.21. The zero-order valence-corrected chi connectivity index (χ0v) is 11.4. The van der Waals surface area contributed by atoms with E-state index in [0.29, 0.717) is 12.0 Å². The Bertz CT molecular complexity index is 429. The van der Waals surface area contributed by atoms with Gasteiger partial charge in [-0.1, -0.05) is 18.2 Å². The molecule has 1 unspecified atom stereocenters. The van der Waals surface area contributed by atoms with Crippen molar-refractivity contribution in [3.63, 3.8) is 0 Å². The first kappa shape index (κ1) is 15.4. The number of carbonyl (C=O) groups is 1. The van der Waals surface area contributed by atoms with Gasteiger partial charge in [-0.25, -0.2) is 9.18 Å². The Labute approximate surface area is 112 Å². The molecule has 19 heavy (non-hydrogen) atoms. The highest BCUT2D eigenvalue weighted by atomic mass is 19.1. The SMILES string of the molecule is CC(C)(C)OC(=O)NC(O)CCc1ccccc1F. The second-order valence-electron chi connectivity index (χ2n) is 5.29. The number of aryl methyl sites for hydroxylation is 1. The Kier molecular flexibility index (Phi) is 5.30. The van der Waals surface area contributed by atoms with E-state index in [0.717, 1.165) is 0 Å². The molecular formula is C14H20FNO3. The van der Waals surface area contributed by atoms with Crippen molar-refractivity contribution in [2.75, 3.05) is 0 Å². The Morgan fingerprint density at radius 1 is 1.42 bits per heavy atom. The zero-order valence-electron chi connectivity index (χ0n) is 11.4. The molecule has 1 atom stereocenters. The molecule has 0 bridgehead atoms. The number of carbonyl (C=O) groups excluding carboxylic acids is 1. The van der Waals surface area contributed by atoms with Gasteiger partial charge in [0.1, 0.15) is 17.6 Å². The van der Waals surface area contributed by atoms with E-state index in [1.165, 1.54) is 6.07 Å². The van der Waals surface area contributed by atoms with Crippen LogP contribution in [0.3, 0.4) is 0 Å². The monoisotopic (exact) mass is 269 g/mol. The summed E-state index contributed by atoms with van der Waals surface area (Å²) in [7, 11) is 0. The van der Waals surface area contributed by atoms with E-state index in [4.69, 9.17) is 4.74 Å². The zero-order chi connectivity index (χ0) is 14.5. The molecule has 0 aliphatic rings. The third-order valence-electron chi connectivity index (χ3n) is 2.33. The van der Waals surface area contributed by atoms with Gasteiger partial charge in [0.15, 0.2) is 0 Å². The molecule has 0 aliphatic heterocycles. The number of alkyl carbamates (subject to hydrolysis) is 1. The summed E-state index contributed by atoms with van der Waals surface area (Å²) in [6.07, 6.45) is -1.19. The number of hydrogen-bond acceptors (Lipinski definition) is 3. The molecule has 106 valence electrons. The van der Waals surface area contributed by atoms with E-state index in [2.05, 4.69) is 5.32 Å². The Balaban J connectivity index is 2.38. The molecular weight excluding hydrogens is 249 g/mol. The maximum absolute atomic E-state index is 13.3. The highest BCUT2D eigenvalue weighted by molar-refractivity contribution is 5.67. The Morgan fingerprint density at radius 2 is 2.05 bits per heavy atom. The summed E-state index contributed by atoms with van der Waals surface area (Å²) in [4.78, 5) is 11.4. The number of aliphatic hydroxyl groups is 1. The molecule has 1 rings (SSSR count). The van der Waals surface area contributed by atoms with Crippen molar-refractivity contribution in [2.45, 2.75) is 45.4 Å². The molecule has 0 saturated heterocycles. The molecule has 1 aromatic carbocycles. The number of amides is 1. The van der Waals surface area contributed by atoms with Crippen molar-refractivity contribution >= 4 is 6.09 Å². The van der Waals surface area contributed by atoms with Crippen molar-refractivity contribution in [2.24, 2.45) is 0 Å². The Hall–Kier alpha value is -1.62. The van der Waals surface area contributed by atoms with Crippen molar-refractivity contribution in [1.29, 1.82) is 0 Å². The van der Waals surface area contributed by atoms with Gasteiger partial charge in [-0.05, 0) is 45.2 Å². The van der Waals surface area contributed by atoms with Gasteiger partial charge in [0.25, 0.3) is 0 Å². The maximum atomic E-state index is 13.3. The molecule has 1 aromatic rings. The first-order valence-electron chi connectivity index (χ1n) is 6.19. The molecule has 0 spiro atoms. The number of nitrogens with one attached hydrogen (secondary N) is 1. The number of hydrogen-bond donors (Lipinski definition) is 2. The average molecular weight is 269 g/mol. The Morgan fingerprint density at radius 3 is 2.63 bits per heavy atom. The first-order chi connectivity index (χ1) is 8.78. The number of ether oxygens (including phenoxy) is 1. The lowest BCUT2D eigenvalue weighted by molar-refractivity contribution is 0.0345. The summed E-state index contributed by atoms with van der Waals surface area (Å²) >= 11 is 0. The van der Waals surface area contributed by atoms with Crippen LogP contribution in [0.2, 0.25) is 0 Å². The van der Waals surface area contributed by atoms with Gasteiger partial charge in [-0.15, -0.1) is 0 Å². The summed E-state index contributed by atoms with van der Waals surface area (Å²) in [5, 5.41) is 11.9. The number of rotatable bonds is 4. The fourth-order valence-electron chi connectivity index (χ4n) is 1.51. The van der Waals surface area contributed by atoms with Gasteiger partial charge in [-0.3, -0.25) is 5.32 Å². The van der Waals surface area contributed by atoms with Crippen LogP contribution in [0.1, 0.15) is 32.8 Å². The van der Waals surface area contributed by atoms with Crippen LogP contribution in [-0.4, -0.2) is 23.0 Å². The van der Waals surface area contributed by atoms with Gasteiger partial charge >= 0.3 is 6.09 Å². The van der Waals surface area contributed by atoms with Crippen molar-refractivity contribution < 1.29 is 19.0 Å². The highest BCUT2D eigenvalue weighted by Gasteiger charge is 2.18. The minimum absolute atomic E-state index is 0.222. The predicted molar refractivity (Wildman–Crippen MR) is 70.1 cm³/mol.